The molecule has 3 rings (SSSR count). The number of hydrogen-bond acceptors (Lipinski definition) is 4. The van der Waals surface area contributed by atoms with Gasteiger partial charge in [-0.2, -0.15) is 0 Å². The molecule has 3 saturated heterocycles. The van der Waals surface area contributed by atoms with Gasteiger partial charge in [-0.25, -0.2) is 0 Å². The van der Waals surface area contributed by atoms with Crippen molar-refractivity contribution in [3.05, 3.63) is 0 Å². The molecule has 0 radical (unpaired) electrons. The second-order valence-electron chi connectivity index (χ2n) is 5.83. The molecule has 3 fully saturated rings. The largest absolute Gasteiger partial charge is 0.371 e. The summed E-state index contributed by atoms with van der Waals surface area (Å²) in [6.45, 7) is 3.64. The summed E-state index contributed by atoms with van der Waals surface area (Å²) in [5, 5.41) is 3.46. The molecular formula is C14H24N2O3. The van der Waals surface area contributed by atoms with Crippen LogP contribution < -0.4 is 5.32 Å². The van der Waals surface area contributed by atoms with E-state index in [4.69, 9.17) is 9.47 Å². The molecule has 3 aliphatic rings. The van der Waals surface area contributed by atoms with Crippen molar-refractivity contribution in [2.45, 2.75) is 50.4 Å². The lowest BCUT2D eigenvalue weighted by molar-refractivity contribution is -0.138. The second kappa shape index (κ2) is 6.20. The second-order valence-corrected chi connectivity index (χ2v) is 5.83. The lowest BCUT2D eigenvalue weighted by Gasteiger charge is -2.32. The first-order chi connectivity index (χ1) is 9.33. The van der Waals surface area contributed by atoms with E-state index in [1.54, 1.807) is 0 Å². The van der Waals surface area contributed by atoms with Crippen molar-refractivity contribution >= 4 is 5.91 Å². The fraction of sp³-hybridized carbons (Fsp3) is 0.929. The van der Waals surface area contributed by atoms with Crippen LogP contribution in [0.1, 0.15) is 32.1 Å². The first-order valence-corrected chi connectivity index (χ1v) is 7.57. The van der Waals surface area contributed by atoms with Crippen LogP contribution in [-0.4, -0.2) is 61.9 Å². The van der Waals surface area contributed by atoms with E-state index in [-0.39, 0.29) is 18.6 Å². The van der Waals surface area contributed by atoms with Gasteiger partial charge in [-0.05, 0) is 38.6 Å². The average Bonchev–Trinajstić information content (AvgIpc) is 3.09. The van der Waals surface area contributed by atoms with Gasteiger partial charge in [-0.3, -0.25) is 4.79 Å². The summed E-state index contributed by atoms with van der Waals surface area (Å²) < 4.78 is 11.6. The zero-order valence-corrected chi connectivity index (χ0v) is 11.5. The topological polar surface area (TPSA) is 50.8 Å². The number of hydrogen-bond donors (Lipinski definition) is 1. The monoisotopic (exact) mass is 268 g/mol. The lowest BCUT2D eigenvalue weighted by Crippen LogP contribution is -2.42. The SMILES string of the molecule is O=C(COC[C@@H]1CC[C@H]2NCC[C@H]2O1)N1CCCC1. The first-order valence-electron chi connectivity index (χ1n) is 7.57. The van der Waals surface area contributed by atoms with Crippen molar-refractivity contribution in [3.8, 4) is 0 Å². The maximum atomic E-state index is 11.8. The van der Waals surface area contributed by atoms with Crippen molar-refractivity contribution in [2.75, 3.05) is 32.8 Å². The summed E-state index contributed by atoms with van der Waals surface area (Å²) in [6, 6.07) is 0.544. The molecule has 1 N–H and O–H groups in total. The molecule has 19 heavy (non-hydrogen) atoms. The third-order valence-electron chi connectivity index (χ3n) is 4.44. The number of carbonyl (C=O) groups excluding carboxylic acids is 1. The smallest absolute Gasteiger partial charge is 0.248 e. The Labute approximate surface area is 114 Å². The maximum absolute atomic E-state index is 11.8. The first kappa shape index (κ1) is 13.3. The molecule has 3 atom stereocenters. The zero-order chi connectivity index (χ0) is 13.1. The highest BCUT2D eigenvalue weighted by Gasteiger charge is 2.34. The summed E-state index contributed by atoms with van der Waals surface area (Å²) in [4.78, 5) is 13.7. The predicted octanol–water partition coefficient (Wildman–Crippen LogP) is 0.535. The van der Waals surface area contributed by atoms with E-state index in [0.717, 1.165) is 45.3 Å². The van der Waals surface area contributed by atoms with Crippen LogP contribution in [0.4, 0.5) is 0 Å². The molecule has 3 aliphatic heterocycles. The standard InChI is InChI=1S/C14H24N2O3/c17-14(16-7-1-2-8-16)10-18-9-11-3-4-12-13(19-11)5-6-15-12/h11-13,15H,1-10H2/t11-,12+,13+/m0/s1. The summed E-state index contributed by atoms with van der Waals surface area (Å²) >= 11 is 0. The van der Waals surface area contributed by atoms with E-state index in [0.29, 0.717) is 18.8 Å². The number of rotatable bonds is 4. The molecule has 5 nitrogen and oxygen atoms in total. The van der Waals surface area contributed by atoms with Gasteiger partial charge in [0.15, 0.2) is 0 Å². The van der Waals surface area contributed by atoms with Gasteiger partial charge in [-0.15, -0.1) is 0 Å². The highest BCUT2D eigenvalue weighted by Crippen LogP contribution is 2.25. The Bertz CT molecular complexity index is 318. The Morgan fingerprint density at radius 1 is 1.26 bits per heavy atom. The molecule has 0 unspecified atom stereocenters. The fourth-order valence-corrected chi connectivity index (χ4v) is 3.33. The van der Waals surface area contributed by atoms with Crippen LogP contribution in [-0.2, 0) is 14.3 Å². The molecule has 1 amide bonds. The number of amides is 1. The minimum Gasteiger partial charge on any atom is -0.371 e. The third kappa shape index (κ3) is 3.27. The van der Waals surface area contributed by atoms with Gasteiger partial charge in [0.05, 0.1) is 18.8 Å². The number of likely N-dealkylation sites (tertiary alicyclic amines) is 1. The van der Waals surface area contributed by atoms with Crippen LogP contribution >= 0.6 is 0 Å². The van der Waals surface area contributed by atoms with Crippen LogP contribution in [0.5, 0.6) is 0 Å². The highest BCUT2D eigenvalue weighted by atomic mass is 16.5. The molecule has 0 aromatic rings. The van der Waals surface area contributed by atoms with E-state index in [2.05, 4.69) is 5.32 Å². The summed E-state index contributed by atoms with van der Waals surface area (Å²) in [6.07, 6.45) is 6.10. The summed E-state index contributed by atoms with van der Waals surface area (Å²) in [5.41, 5.74) is 0. The van der Waals surface area contributed by atoms with Crippen LogP contribution in [0.15, 0.2) is 0 Å². The Morgan fingerprint density at radius 3 is 2.95 bits per heavy atom. The molecule has 0 bridgehead atoms. The summed E-state index contributed by atoms with van der Waals surface area (Å²) in [7, 11) is 0. The minimum absolute atomic E-state index is 0.133. The Hall–Kier alpha value is -0.650. The molecule has 5 heteroatoms. The summed E-state index contributed by atoms with van der Waals surface area (Å²) in [5.74, 6) is 0.133. The zero-order valence-electron chi connectivity index (χ0n) is 11.5. The van der Waals surface area contributed by atoms with Crippen LogP contribution in [0.3, 0.4) is 0 Å². The molecule has 108 valence electrons. The Kier molecular flexibility index (Phi) is 4.35. The van der Waals surface area contributed by atoms with Crippen molar-refractivity contribution in [2.24, 2.45) is 0 Å². The van der Waals surface area contributed by atoms with Gasteiger partial charge < -0.3 is 19.7 Å². The van der Waals surface area contributed by atoms with Gasteiger partial charge in [-0.1, -0.05) is 0 Å². The van der Waals surface area contributed by atoms with Gasteiger partial charge in [0, 0.05) is 19.1 Å². The quantitative estimate of drug-likeness (QED) is 0.808. The van der Waals surface area contributed by atoms with Crippen LogP contribution in [0.2, 0.25) is 0 Å². The number of nitrogens with one attached hydrogen (secondary N) is 1. The van der Waals surface area contributed by atoms with Crippen molar-refractivity contribution in [1.29, 1.82) is 0 Å². The molecule has 0 spiro atoms. The number of ether oxygens (including phenoxy) is 2. The number of fused-ring (bicyclic) bond motifs is 1. The molecule has 0 aromatic carbocycles. The third-order valence-corrected chi connectivity index (χ3v) is 4.44. The minimum atomic E-state index is 0.133. The predicted molar refractivity (Wildman–Crippen MR) is 70.9 cm³/mol. The van der Waals surface area contributed by atoms with E-state index in [9.17, 15) is 4.79 Å². The van der Waals surface area contributed by atoms with E-state index < -0.39 is 0 Å². The van der Waals surface area contributed by atoms with Crippen molar-refractivity contribution in [1.82, 2.24) is 10.2 Å². The van der Waals surface area contributed by atoms with E-state index in [1.165, 1.54) is 6.42 Å². The van der Waals surface area contributed by atoms with Crippen LogP contribution in [0, 0.1) is 0 Å². The van der Waals surface area contributed by atoms with Crippen molar-refractivity contribution in [3.63, 3.8) is 0 Å². The fourth-order valence-electron chi connectivity index (χ4n) is 3.33. The molecule has 0 aliphatic carbocycles. The van der Waals surface area contributed by atoms with Gasteiger partial charge in [0.25, 0.3) is 0 Å². The van der Waals surface area contributed by atoms with E-state index in [1.807, 2.05) is 4.90 Å². The Balaban J connectivity index is 1.34. The molecule has 0 saturated carbocycles. The Morgan fingerprint density at radius 2 is 2.11 bits per heavy atom. The number of carbonyl (C=O) groups is 1. The molecule has 3 heterocycles. The highest BCUT2D eigenvalue weighted by molar-refractivity contribution is 5.77. The van der Waals surface area contributed by atoms with Crippen molar-refractivity contribution < 1.29 is 14.3 Å². The van der Waals surface area contributed by atoms with Gasteiger partial charge in [0.1, 0.15) is 6.61 Å². The number of nitrogens with zero attached hydrogens (tertiary/aromatic N) is 1. The average molecular weight is 268 g/mol. The van der Waals surface area contributed by atoms with Crippen LogP contribution in [0.25, 0.3) is 0 Å². The van der Waals surface area contributed by atoms with Gasteiger partial charge >= 0.3 is 0 Å². The van der Waals surface area contributed by atoms with Gasteiger partial charge in [0.2, 0.25) is 5.91 Å². The molecule has 0 aromatic heterocycles. The van der Waals surface area contributed by atoms with E-state index >= 15 is 0 Å². The molecular weight excluding hydrogens is 244 g/mol. The normalized spacial score (nSPS) is 34.5. The lowest BCUT2D eigenvalue weighted by atomic mass is 10.0. The maximum Gasteiger partial charge on any atom is 0.248 e.